The first-order valence-electron chi connectivity index (χ1n) is 6.24. The third kappa shape index (κ3) is 3.18. The van der Waals surface area contributed by atoms with Crippen LogP contribution in [-0.2, 0) is 0 Å². The molecule has 3 N–H and O–H groups in total. The Morgan fingerprint density at radius 3 is 2.48 bits per heavy atom. The van der Waals surface area contributed by atoms with Gasteiger partial charge in [0.25, 0.3) is 0 Å². The predicted octanol–water partition coefficient (Wildman–Crippen LogP) is 3.16. The van der Waals surface area contributed by atoms with Gasteiger partial charge in [0.05, 0.1) is 24.7 Å². The van der Waals surface area contributed by atoms with Gasteiger partial charge >= 0.3 is 0 Å². The summed E-state index contributed by atoms with van der Waals surface area (Å²) in [7, 11) is 3.13. The van der Waals surface area contributed by atoms with Crippen molar-refractivity contribution in [3.8, 4) is 11.5 Å². The summed E-state index contributed by atoms with van der Waals surface area (Å²) in [6, 6.07) is 9.88. The van der Waals surface area contributed by atoms with Crippen LogP contribution in [0.3, 0.4) is 0 Å². The van der Waals surface area contributed by atoms with Gasteiger partial charge in [-0.2, -0.15) is 0 Å². The molecule has 0 amide bonds. The predicted molar refractivity (Wildman–Crippen MR) is 82.8 cm³/mol. The lowest BCUT2D eigenvalue weighted by molar-refractivity contribution is 0.354. The second-order valence-electron chi connectivity index (χ2n) is 4.36. The lowest BCUT2D eigenvalue weighted by atomic mass is 9.98. The Balaban J connectivity index is 2.49. The Hall–Kier alpha value is -1.63. The Morgan fingerprint density at radius 1 is 1.14 bits per heavy atom. The number of nitrogens with two attached hydrogens (primary N) is 1. The van der Waals surface area contributed by atoms with Crippen molar-refractivity contribution < 1.29 is 13.9 Å². The van der Waals surface area contributed by atoms with Crippen LogP contribution in [-0.4, -0.2) is 14.2 Å². The van der Waals surface area contributed by atoms with Crippen molar-refractivity contribution in [1.29, 1.82) is 0 Å². The van der Waals surface area contributed by atoms with E-state index in [4.69, 9.17) is 15.3 Å². The van der Waals surface area contributed by atoms with Crippen molar-refractivity contribution in [2.45, 2.75) is 6.04 Å². The van der Waals surface area contributed by atoms with Crippen LogP contribution in [0.2, 0.25) is 0 Å². The fraction of sp³-hybridized carbons (Fsp3) is 0.200. The van der Waals surface area contributed by atoms with E-state index in [0.717, 1.165) is 5.56 Å². The minimum Gasteiger partial charge on any atom is -0.493 e. The van der Waals surface area contributed by atoms with Crippen LogP contribution in [0.4, 0.5) is 4.39 Å². The van der Waals surface area contributed by atoms with E-state index in [1.807, 2.05) is 6.07 Å². The topological polar surface area (TPSA) is 56.5 Å². The van der Waals surface area contributed by atoms with Crippen LogP contribution < -0.4 is 20.7 Å². The molecule has 0 fully saturated rings. The zero-order valence-electron chi connectivity index (χ0n) is 11.7. The average molecular weight is 355 g/mol. The summed E-state index contributed by atoms with van der Waals surface area (Å²) in [6.45, 7) is 0. The van der Waals surface area contributed by atoms with E-state index < -0.39 is 0 Å². The molecule has 0 saturated carbocycles. The van der Waals surface area contributed by atoms with Gasteiger partial charge in [-0.15, -0.1) is 0 Å². The Bertz CT molecular complexity index is 637. The maximum atomic E-state index is 13.7. The van der Waals surface area contributed by atoms with E-state index in [2.05, 4.69) is 21.4 Å². The number of nitrogens with one attached hydrogen (secondary N) is 1. The normalized spacial score (nSPS) is 12.0. The quantitative estimate of drug-likeness (QED) is 0.639. The molecule has 0 aromatic heterocycles. The van der Waals surface area contributed by atoms with Crippen molar-refractivity contribution in [3.63, 3.8) is 0 Å². The molecule has 0 aliphatic rings. The highest BCUT2D eigenvalue weighted by Crippen LogP contribution is 2.34. The molecule has 6 heteroatoms. The molecule has 2 aromatic carbocycles. The molecule has 1 atom stereocenters. The first-order chi connectivity index (χ1) is 10.1. The first-order valence-corrected chi connectivity index (χ1v) is 7.03. The van der Waals surface area contributed by atoms with E-state index in [0.29, 0.717) is 21.5 Å². The number of hydrogen-bond donors (Lipinski definition) is 2. The number of hydrogen-bond acceptors (Lipinski definition) is 4. The number of hydrazine groups is 1. The zero-order valence-corrected chi connectivity index (χ0v) is 13.3. The summed E-state index contributed by atoms with van der Waals surface area (Å²) >= 11 is 3.26. The fourth-order valence-electron chi connectivity index (χ4n) is 2.14. The summed E-state index contributed by atoms with van der Waals surface area (Å²) in [6.07, 6.45) is 0. The number of benzene rings is 2. The van der Waals surface area contributed by atoms with Crippen molar-refractivity contribution >= 4 is 15.9 Å². The highest BCUT2D eigenvalue weighted by atomic mass is 79.9. The second kappa shape index (κ2) is 6.89. The van der Waals surface area contributed by atoms with E-state index >= 15 is 0 Å². The molecule has 2 rings (SSSR count). The van der Waals surface area contributed by atoms with Crippen LogP contribution in [0.25, 0.3) is 0 Å². The molecule has 21 heavy (non-hydrogen) atoms. The first kappa shape index (κ1) is 15.8. The monoisotopic (exact) mass is 354 g/mol. The molecule has 2 aromatic rings. The van der Waals surface area contributed by atoms with Crippen LogP contribution in [0.5, 0.6) is 11.5 Å². The van der Waals surface area contributed by atoms with E-state index in [1.165, 1.54) is 6.07 Å². The molecule has 0 radical (unpaired) electrons. The van der Waals surface area contributed by atoms with E-state index in [1.54, 1.807) is 38.5 Å². The van der Waals surface area contributed by atoms with Gasteiger partial charge < -0.3 is 9.47 Å². The SMILES string of the molecule is COc1ccc(C(NN)c2cccc(F)c2Br)cc1OC. The van der Waals surface area contributed by atoms with E-state index in [-0.39, 0.29) is 11.9 Å². The molecule has 0 bridgehead atoms. The van der Waals surface area contributed by atoms with Crippen LogP contribution in [0, 0.1) is 5.82 Å². The smallest absolute Gasteiger partial charge is 0.161 e. The van der Waals surface area contributed by atoms with Gasteiger partial charge in [0.1, 0.15) is 5.82 Å². The average Bonchev–Trinajstić information content (AvgIpc) is 2.51. The molecule has 0 saturated heterocycles. The van der Waals surface area contributed by atoms with Crippen molar-refractivity contribution in [3.05, 3.63) is 57.8 Å². The van der Waals surface area contributed by atoms with Crippen LogP contribution in [0.15, 0.2) is 40.9 Å². The highest BCUT2D eigenvalue weighted by Gasteiger charge is 2.19. The highest BCUT2D eigenvalue weighted by molar-refractivity contribution is 9.10. The van der Waals surface area contributed by atoms with Gasteiger partial charge in [0.15, 0.2) is 11.5 Å². The fourth-order valence-corrected chi connectivity index (χ4v) is 2.63. The summed E-state index contributed by atoms with van der Waals surface area (Å²) in [4.78, 5) is 0. The molecule has 1 unspecified atom stereocenters. The minimum atomic E-state index is -0.380. The van der Waals surface area contributed by atoms with Gasteiger partial charge in [-0.3, -0.25) is 5.84 Å². The minimum absolute atomic E-state index is 0.340. The molecule has 0 aliphatic heterocycles. The lowest BCUT2D eigenvalue weighted by Crippen LogP contribution is -2.29. The number of methoxy groups -OCH3 is 2. The molecular weight excluding hydrogens is 339 g/mol. The number of ether oxygens (including phenoxy) is 2. The zero-order chi connectivity index (χ0) is 15.4. The van der Waals surface area contributed by atoms with Crippen LogP contribution in [0.1, 0.15) is 17.2 Å². The Labute approximate surface area is 131 Å². The largest absolute Gasteiger partial charge is 0.493 e. The Kier molecular flexibility index (Phi) is 5.17. The summed E-state index contributed by atoms with van der Waals surface area (Å²) in [5, 5.41) is 0. The van der Waals surface area contributed by atoms with Crippen molar-refractivity contribution in [2.75, 3.05) is 14.2 Å². The molecule has 0 spiro atoms. The summed E-state index contributed by atoms with van der Waals surface area (Å²) in [5.41, 5.74) is 4.23. The van der Waals surface area contributed by atoms with Gasteiger partial charge in [-0.25, -0.2) is 9.82 Å². The lowest BCUT2D eigenvalue weighted by Gasteiger charge is -2.20. The molecule has 0 heterocycles. The standard InChI is InChI=1S/C15H16BrFN2O2/c1-20-12-7-6-9(8-13(12)21-2)15(19-18)10-4-3-5-11(17)14(10)16/h3-8,15,19H,18H2,1-2H3. The van der Waals surface area contributed by atoms with Crippen LogP contribution >= 0.6 is 15.9 Å². The van der Waals surface area contributed by atoms with E-state index in [9.17, 15) is 4.39 Å². The van der Waals surface area contributed by atoms with Crippen molar-refractivity contribution in [1.82, 2.24) is 5.43 Å². The third-order valence-electron chi connectivity index (χ3n) is 3.20. The van der Waals surface area contributed by atoms with Gasteiger partial charge in [0.2, 0.25) is 0 Å². The van der Waals surface area contributed by atoms with Gasteiger partial charge in [-0.05, 0) is 45.3 Å². The molecule has 4 nitrogen and oxygen atoms in total. The third-order valence-corrected chi connectivity index (χ3v) is 4.04. The molecule has 0 aliphatic carbocycles. The Morgan fingerprint density at radius 2 is 1.86 bits per heavy atom. The number of rotatable bonds is 5. The maximum absolute atomic E-state index is 13.7. The van der Waals surface area contributed by atoms with Gasteiger partial charge in [0, 0.05) is 0 Å². The molecule has 112 valence electrons. The van der Waals surface area contributed by atoms with Crippen molar-refractivity contribution in [2.24, 2.45) is 5.84 Å². The summed E-state index contributed by atoms with van der Waals surface area (Å²) in [5.74, 6) is 6.52. The van der Waals surface area contributed by atoms with Gasteiger partial charge in [-0.1, -0.05) is 18.2 Å². The summed E-state index contributed by atoms with van der Waals surface area (Å²) < 4.78 is 24.6. The maximum Gasteiger partial charge on any atom is 0.161 e. The second-order valence-corrected chi connectivity index (χ2v) is 5.15. The molecular formula is C15H16BrFN2O2. The number of halogens is 2.